The van der Waals surface area contributed by atoms with Crippen molar-refractivity contribution in [2.24, 2.45) is 0 Å². The largest absolute Gasteiger partial charge is 0.373 e. The van der Waals surface area contributed by atoms with E-state index in [9.17, 15) is 4.79 Å². The van der Waals surface area contributed by atoms with Gasteiger partial charge in [-0.2, -0.15) is 0 Å². The van der Waals surface area contributed by atoms with Crippen molar-refractivity contribution in [1.29, 1.82) is 0 Å². The van der Waals surface area contributed by atoms with Gasteiger partial charge in [-0.3, -0.25) is 9.69 Å². The molecule has 0 spiro atoms. The topological polar surface area (TPSA) is 57.7 Å². The number of hydrogen-bond acceptors (Lipinski definition) is 5. The van der Waals surface area contributed by atoms with Crippen LogP contribution in [0.1, 0.15) is 12.5 Å². The first-order valence-electron chi connectivity index (χ1n) is 7.16. The number of aromatic nitrogens is 1. The van der Waals surface area contributed by atoms with Gasteiger partial charge >= 0.3 is 0 Å². The molecule has 0 radical (unpaired) electrons. The summed E-state index contributed by atoms with van der Waals surface area (Å²) in [5.41, 5.74) is 0.352. The Morgan fingerprint density at radius 3 is 3.00 bits per heavy atom. The van der Waals surface area contributed by atoms with Gasteiger partial charge < -0.3 is 15.0 Å². The van der Waals surface area contributed by atoms with Crippen molar-refractivity contribution in [2.75, 3.05) is 46.2 Å². The molecule has 6 heteroatoms. The Morgan fingerprint density at radius 2 is 2.33 bits per heavy atom. The second-order valence-electron chi connectivity index (χ2n) is 5.75. The highest BCUT2D eigenvalue weighted by molar-refractivity contribution is 5.84. The van der Waals surface area contributed by atoms with E-state index in [0.29, 0.717) is 13.2 Å². The third-order valence-corrected chi connectivity index (χ3v) is 3.73. The fourth-order valence-corrected chi connectivity index (χ4v) is 2.72. The number of amides is 1. The highest BCUT2D eigenvalue weighted by Gasteiger charge is 2.40. The molecule has 1 aromatic rings. The van der Waals surface area contributed by atoms with E-state index in [1.165, 1.54) is 0 Å². The number of nitrogens with one attached hydrogen (secondary N) is 1. The minimum Gasteiger partial charge on any atom is -0.373 e. The maximum Gasteiger partial charge on any atom is 0.255 e. The number of pyridine rings is 1. The van der Waals surface area contributed by atoms with Gasteiger partial charge in [-0.15, -0.1) is 0 Å². The molecular weight excluding hydrogens is 268 g/mol. The molecule has 2 heterocycles. The predicted molar refractivity (Wildman–Crippen MR) is 82.1 cm³/mol. The summed E-state index contributed by atoms with van der Waals surface area (Å²) >= 11 is 0. The molecule has 1 saturated heterocycles. The van der Waals surface area contributed by atoms with Crippen LogP contribution in [0.2, 0.25) is 0 Å². The standard InChI is InChI=1S/C15H24N4O2/c1-15(14(20)18(3)4)11-19(8-9-21-15)10-12-6-5-7-17-13(12)16-2/h5-7H,8-11H2,1-4H3,(H,16,17)/t15-/m1/s1. The van der Waals surface area contributed by atoms with Crippen LogP contribution >= 0.6 is 0 Å². The van der Waals surface area contributed by atoms with E-state index < -0.39 is 5.60 Å². The van der Waals surface area contributed by atoms with Crippen LogP contribution in [0.3, 0.4) is 0 Å². The lowest BCUT2D eigenvalue weighted by Gasteiger charge is -2.40. The minimum absolute atomic E-state index is 0.00669. The van der Waals surface area contributed by atoms with Crippen molar-refractivity contribution < 1.29 is 9.53 Å². The Kier molecular flexibility index (Phi) is 4.80. The second-order valence-corrected chi connectivity index (χ2v) is 5.75. The molecule has 0 saturated carbocycles. The first-order chi connectivity index (χ1) is 9.96. The van der Waals surface area contributed by atoms with E-state index >= 15 is 0 Å². The molecule has 1 N–H and O–H groups in total. The van der Waals surface area contributed by atoms with E-state index in [0.717, 1.165) is 24.5 Å². The molecule has 1 amide bonds. The fraction of sp³-hybridized carbons (Fsp3) is 0.600. The summed E-state index contributed by atoms with van der Waals surface area (Å²) in [5, 5.41) is 3.10. The number of anilines is 1. The van der Waals surface area contributed by atoms with Gasteiger partial charge in [0.05, 0.1) is 6.61 Å². The number of rotatable bonds is 4. The summed E-state index contributed by atoms with van der Waals surface area (Å²) in [6.07, 6.45) is 1.77. The molecule has 0 bridgehead atoms. The summed E-state index contributed by atoms with van der Waals surface area (Å²) in [7, 11) is 5.39. The van der Waals surface area contributed by atoms with Crippen molar-refractivity contribution in [3.05, 3.63) is 23.9 Å². The zero-order valence-electron chi connectivity index (χ0n) is 13.2. The van der Waals surface area contributed by atoms with Gasteiger partial charge in [-0.1, -0.05) is 6.07 Å². The van der Waals surface area contributed by atoms with Crippen LogP contribution in [-0.2, 0) is 16.1 Å². The summed E-state index contributed by atoms with van der Waals surface area (Å²) in [6, 6.07) is 3.99. The van der Waals surface area contributed by atoms with Gasteiger partial charge in [0.15, 0.2) is 5.60 Å². The van der Waals surface area contributed by atoms with E-state index in [2.05, 4.69) is 21.3 Å². The normalized spacial score (nSPS) is 22.9. The van der Waals surface area contributed by atoms with Crippen LogP contribution in [0.15, 0.2) is 18.3 Å². The van der Waals surface area contributed by atoms with Gasteiger partial charge in [-0.05, 0) is 13.0 Å². The smallest absolute Gasteiger partial charge is 0.255 e. The highest BCUT2D eigenvalue weighted by atomic mass is 16.5. The van der Waals surface area contributed by atoms with Crippen LogP contribution in [-0.4, -0.2) is 67.1 Å². The molecule has 1 aromatic heterocycles. The van der Waals surface area contributed by atoms with Gasteiger partial charge in [0.25, 0.3) is 5.91 Å². The quantitative estimate of drug-likeness (QED) is 0.889. The van der Waals surface area contributed by atoms with Crippen molar-refractivity contribution in [2.45, 2.75) is 19.1 Å². The summed E-state index contributed by atoms with van der Waals surface area (Å²) in [5.74, 6) is 0.886. The second kappa shape index (κ2) is 6.41. The molecule has 116 valence electrons. The van der Waals surface area contributed by atoms with Gasteiger partial charge in [-0.25, -0.2) is 4.98 Å². The van der Waals surface area contributed by atoms with Crippen molar-refractivity contribution >= 4 is 11.7 Å². The minimum atomic E-state index is -0.774. The lowest BCUT2D eigenvalue weighted by molar-refractivity contribution is -0.165. The van der Waals surface area contributed by atoms with Crippen LogP contribution in [0, 0.1) is 0 Å². The molecule has 6 nitrogen and oxygen atoms in total. The summed E-state index contributed by atoms with van der Waals surface area (Å²) in [6.45, 7) is 4.58. The Labute approximate surface area is 126 Å². The van der Waals surface area contributed by atoms with Crippen molar-refractivity contribution in [3.8, 4) is 0 Å². The van der Waals surface area contributed by atoms with Crippen LogP contribution < -0.4 is 5.32 Å². The molecule has 1 aliphatic heterocycles. The number of carbonyl (C=O) groups is 1. The number of nitrogens with zero attached hydrogens (tertiary/aromatic N) is 3. The van der Waals surface area contributed by atoms with Crippen molar-refractivity contribution in [1.82, 2.24) is 14.8 Å². The molecule has 1 aliphatic rings. The van der Waals surface area contributed by atoms with E-state index in [-0.39, 0.29) is 5.91 Å². The highest BCUT2D eigenvalue weighted by Crippen LogP contribution is 2.22. The molecule has 0 aliphatic carbocycles. The Morgan fingerprint density at radius 1 is 1.57 bits per heavy atom. The lowest BCUT2D eigenvalue weighted by Crippen LogP contribution is -2.57. The Hall–Kier alpha value is -1.66. The monoisotopic (exact) mass is 292 g/mol. The van der Waals surface area contributed by atoms with Crippen molar-refractivity contribution in [3.63, 3.8) is 0 Å². The first kappa shape index (κ1) is 15.7. The average Bonchev–Trinajstić information content (AvgIpc) is 2.47. The number of carbonyl (C=O) groups excluding carboxylic acids is 1. The van der Waals surface area contributed by atoms with E-state index in [4.69, 9.17) is 4.74 Å². The number of morpholine rings is 1. The molecular formula is C15H24N4O2. The molecule has 1 atom stereocenters. The van der Waals surface area contributed by atoms with Gasteiger partial charge in [0.2, 0.25) is 0 Å². The van der Waals surface area contributed by atoms with Crippen LogP contribution in [0.4, 0.5) is 5.82 Å². The Bertz CT molecular complexity index is 506. The molecule has 2 rings (SSSR count). The van der Waals surface area contributed by atoms with E-state index in [1.54, 1.807) is 25.2 Å². The van der Waals surface area contributed by atoms with Gasteiger partial charge in [0, 0.05) is 52.5 Å². The zero-order valence-corrected chi connectivity index (χ0v) is 13.2. The molecule has 21 heavy (non-hydrogen) atoms. The maximum atomic E-state index is 12.3. The number of ether oxygens (including phenoxy) is 1. The van der Waals surface area contributed by atoms with Crippen LogP contribution in [0.5, 0.6) is 0 Å². The van der Waals surface area contributed by atoms with Crippen LogP contribution in [0.25, 0.3) is 0 Å². The zero-order chi connectivity index (χ0) is 15.5. The fourth-order valence-electron chi connectivity index (χ4n) is 2.72. The summed E-state index contributed by atoms with van der Waals surface area (Å²) < 4.78 is 5.75. The first-order valence-corrected chi connectivity index (χ1v) is 7.16. The molecule has 1 fully saturated rings. The SMILES string of the molecule is CNc1ncccc1CN1CCO[C@@](C)(C(=O)N(C)C)C1. The Balaban J connectivity index is 2.09. The third-order valence-electron chi connectivity index (χ3n) is 3.73. The van der Waals surface area contributed by atoms with E-state index in [1.807, 2.05) is 20.0 Å². The average molecular weight is 292 g/mol. The number of hydrogen-bond donors (Lipinski definition) is 1. The predicted octanol–water partition coefficient (Wildman–Crippen LogP) is 0.802. The molecule has 0 aromatic carbocycles. The lowest BCUT2D eigenvalue weighted by atomic mass is 10.0. The molecule has 0 unspecified atom stereocenters. The van der Waals surface area contributed by atoms with Gasteiger partial charge in [0.1, 0.15) is 5.82 Å². The maximum absolute atomic E-state index is 12.3. The summed E-state index contributed by atoms with van der Waals surface area (Å²) in [4.78, 5) is 20.4. The third kappa shape index (κ3) is 3.51. The number of likely N-dealkylation sites (N-methyl/N-ethyl adjacent to an activating group) is 1.